The van der Waals surface area contributed by atoms with Crippen LogP contribution in [0.25, 0.3) is 0 Å². The molecule has 154 valence electrons. The van der Waals surface area contributed by atoms with E-state index in [0.29, 0.717) is 17.7 Å². The van der Waals surface area contributed by atoms with Crippen LogP contribution in [-0.4, -0.2) is 44.3 Å². The van der Waals surface area contributed by atoms with Crippen LogP contribution in [0.4, 0.5) is 0 Å². The van der Waals surface area contributed by atoms with Gasteiger partial charge in [-0.2, -0.15) is 0 Å². The fraction of sp³-hybridized carbons (Fsp3) is 0.409. The van der Waals surface area contributed by atoms with E-state index in [9.17, 15) is 0 Å². The zero-order chi connectivity index (χ0) is 20.1. The second kappa shape index (κ2) is 9.43. The molecule has 0 saturated carbocycles. The Morgan fingerprint density at radius 2 is 1.83 bits per heavy atom. The van der Waals surface area contributed by atoms with E-state index in [1.54, 1.807) is 0 Å². The number of morpholine rings is 1. The first-order valence-electron chi connectivity index (χ1n) is 10.1. The van der Waals surface area contributed by atoms with Crippen molar-refractivity contribution in [1.29, 1.82) is 0 Å². The number of hydrogen-bond donors (Lipinski definition) is 3. The van der Waals surface area contributed by atoms with E-state index >= 15 is 0 Å². The van der Waals surface area contributed by atoms with Crippen LogP contribution in [0.1, 0.15) is 24.1 Å². The molecule has 2 atom stereocenters. The molecule has 0 amide bonds. The van der Waals surface area contributed by atoms with Crippen molar-refractivity contribution in [2.45, 2.75) is 25.6 Å². The third-order valence-corrected chi connectivity index (χ3v) is 5.74. The van der Waals surface area contributed by atoms with E-state index in [-0.39, 0.29) is 12.8 Å². The van der Waals surface area contributed by atoms with E-state index in [2.05, 4.69) is 47.9 Å². The number of nitrogens with one attached hydrogen (secondary N) is 3. The Bertz CT molecular complexity index is 827. The summed E-state index contributed by atoms with van der Waals surface area (Å²) in [6.45, 7) is 6.74. The minimum atomic E-state index is 0.183. The first-order valence-corrected chi connectivity index (χ1v) is 10.5. The van der Waals surface area contributed by atoms with Crippen LogP contribution in [0.5, 0.6) is 11.5 Å². The van der Waals surface area contributed by atoms with Gasteiger partial charge in [-0.25, -0.2) is 0 Å². The molecule has 2 aromatic carbocycles. The number of ether oxygens (including phenoxy) is 3. The maximum atomic E-state index is 5.59. The zero-order valence-corrected chi connectivity index (χ0v) is 17.5. The Hall–Kier alpha value is -2.35. The molecule has 7 heteroatoms. The van der Waals surface area contributed by atoms with Gasteiger partial charge in [0.1, 0.15) is 19.1 Å². The maximum Gasteiger partial charge on any atom is 0.231 e. The standard InChI is InChI=1S/C22H27N3O3S/c1-16(21(18-5-3-2-4-6-18)25-9-11-26-12-10-25)24-22(29)23-14-17-7-8-19-20(13-17)28-15-27-19/h2-8,13,16,21H,9-12,14-15H2,1H3,(H2,23,24,29)/p+1/t16-,21-/m1/s1. The molecule has 2 aliphatic rings. The van der Waals surface area contributed by atoms with Gasteiger partial charge >= 0.3 is 0 Å². The van der Waals surface area contributed by atoms with Gasteiger partial charge in [0.15, 0.2) is 16.6 Å². The van der Waals surface area contributed by atoms with E-state index in [4.69, 9.17) is 26.4 Å². The van der Waals surface area contributed by atoms with Gasteiger partial charge in [-0.3, -0.25) is 0 Å². The van der Waals surface area contributed by atoms with Crippen molar-refractivity contribution >= 4 is 17.3 Å². The lowest BCUT2D eigenvalue weighted by Crippen LogP contribution is -3.15. The summed E-state index contributed by atoms with van der Waals surface area (Å²) >= 11 is 5.59. The van der Waals surface area contributed by atoms with E-state index in [1.807, 2.05) is 18.2 Å². The Kier molecular flexibility index (Phi) is 6.49. The minimum absolute atomic E-state index is 0.183. The lowest BCUT2D eigenvalue weighted by atomic mass is 9.98. The molecule has 0 unspecified atom stereocenters. The highest BCUT2D eigenvalue weighted by Crippen LogP contribution is 2.32. The van der Waals surface area contributed by atoms with Gasteiger partial charge < -0.3 is 29.7 Å². The van der Waals surface area contributed by atoms with Crippen LogP contribution in [-0.2, 0) is 11.3 Å². The molecule has 3 N–H and O–H groups in total. The van der Waals surface area contributed by atoms with E-state index in [0.717, 1.165) is 43.4 Å². The highest BCUT2D eigenvalue weighted by molar-refractivity contribution is 7.80. The van der Waals surface area contributed by atoms with Crippen molar-refractivity contribution in [2.24, 2.45) is 0 Å². The topological polar surface area (TPSA) is 56.2 Å². The SMILES string of the molecule is C[C@@H](NC(=S)NCc1ccc2c(c1)OCO2)[C@H](c1ccccc1)[NH+]1CCOCC1. The normalized spacial score (nSPS) is 18.1. The van der Waals surface area contributed by atoms with Gasteiger partial charge in [0.2, 0.25) is 6.79 Å². The van der Waals surface area contributed by atoms with E-state index in [1.165, 1.54) is 10.5 Å². The molecular formula is C22H28N3O3S+. The predicted molar refractivity (Wildman–Crippen MR) is 115 cm³/mol. The average Bonchev–Trinajstić information content (AvgIpc) is 3.22. The quantitative estimate of drug-likeness (QED) is 0.622. The largest absolute Gasteiger partial charge is 0.454 e. The Morgan fingerprint density at radius 1 is 1.07 bits per heavy atom. The Labute approximate surface area is 177 Å². The molecule has 6 nitrogen and oxygen atoms in total. The molecule has 0 bridgehead atoms. The summed E-state index contributed by atoms with van der Waals surface area (Å²) in [4.78, 5) is 1.53. The van der Waals surface area contributed by atoms with Crippen LogP contribution in [0.15, 0.2) is 48.5 Å². The van der Waals surface area contributed by atoms with Crippen molar-refractivity contribution in [3.05, 3.63) is 59.7 Å². The Morgan fingerprint density at radius 3 is 2.62 bits per heavy atom. The number of thiocarbonyl (C=S) groups is 1. The summed E-state index contributed by atoms with van der Waals surface area (Å²) in [5, 5.41) is 7.48. The van der Waals surface area contributed by atoms with Gasteiger partial charge in [0.25, 0.3) is 0 Å². The second-order valence-corrected chi connectivity index (χ2v) is 7.87. The molecule has 2 heterocycles. The van der Waals surface area contributed by atoms with Crippen LogP contribution >= 0.6 is 12.2 Å². The molecule has 0 aromatic heterocycles. The molecule has 2 aromatic rings. The monoisotopic (exact) mass is 414 g/mol. The molecule has 1 fully saturated rings. The molecule has 2 aliphatic heterocycles. The number of benzene rings is 2. The molecule has 0 aliphatic carbocycles. The summed E-state index contributed by atoms with van der Waals surface area (Å²) < 4.78 is 16.4. The molecule has 29 heavy (non-hydrogen) atoms. The lowest BCUT2D eigenvalue weighted by Gasteiger charge is -2.35. The number of quaternary nitrogens is 1. The van der Waals surface area contributed by atoms with Crippen molar-refractivity contribution < 1.29 is 19.1 Å². The highest BCUT2D eigenvalue weighted by Gasteiger charge is 2.31. The first-order chi connectivity index (χ1) is 14.2. The molecule has 1 saturated heterocycles. The molecule has 4 rings (SSSR count). The van der Waals surface area contributed by atoms with Crippen LogP contribution in [0.2, 0.25) is 0 Å². The molecule has 0 spiro atoms. The number of hydrogen-bond acceptors (Lipinski definition) is 4. The summed E-state index contributed by atoms with van der Waals surface area (Å²) in [5.74, 6) is 1.58. The van der Waals surface area contributed by atoms with Gasteiger partial charge in [-0.1, -0.05) is 36.4 Å². The summed E-state index contributed by atoms with van der Waals surface area (Å²) in [6.07, 6.45) is 0. The fourth-order valence-corrected chi connectivity index (χ4v) is 4.32. The average molecular weight is 415 g/mol. The third kappa shape index (κ3) is 4.98. The van der Waals surface area contributed by atoms with Gasteiger partial charge in [0.05, 0.1) is 19.3 Å². The summed E-state index contributed by atoms with van der Waals surface area (Å²) in [5.41, 5.74) is 2.42. The lowest BCUT2D eigenvalue weighted by molar-refractivity contribution is -0.940. The minimum Gasteiger partial charge on any atom is -0.454 e. The number of fused-ring (bicyclic) bond motifs is 1. The van der Waals surface area contributed by atoms with Crippen LogP contribution in [0.3, 0.4) is 0 Å². The summed E-state index contributed by atoms with van der Waals surface area (Å²) in [7, 11) is 0. The van der Waals surface area contributed by atoms with Gasteiger partial charge in [0, 0.05) is 12.1 Å². The van der Waals surface area contributed by atoms with Gasteiger partial charge in [-0.05, 0) is 36.8 Å². The van der Waals surface area contributed by atoms with Crippen molar-refractivity contribution in [3.63, 3.8) is 0 Å². The van der Waals surface area contributed by atoms with E-state index < -0.39 is 0 Å². The van der Waals surface area contributed by atoms with Crippen molar-refractivity contribution in [3.8, 4) is 11.5 Å². The molecular weight excluding hydrogens is 386 g/mol. The zero-order valence-electron chi connectivity index (χ0n) is 16.6. The highest BCUT2D eigenvalue weighted by atomic mass is 32.1. The number of rotatable bonds is 6. The predicted octanol–water partition coefficient (Wildman–Crippen LogP) is 1.42. The smallest absolute Gasteiger partial charge is 0.231 e. The van der Waals surface area contributed by atoms with Crippen LogP contribution < -0.4 is 25.0 Å². The van der Waals surface area contributed by atoms with Crippen molar-refractivity contribution in [2.75, 3.05) is 33.1 Å². The van der Waals surface area contributed by atoms with Gasteiger partial charge in [-0.15, -0.1) is 0 Å². The maximum absolute atomic E-state index is 5.59. The first kappa shape index (κ1) is 19.9. The summed E-state index contributed by atoms with van der Waals surface area (Å²) in [6, 6.07) is 17.1. The van der Waals surface area contributed by atoms with Crippen molar-refractivity contribution in [1.82, 2.24) is 10.6 Å². The second-order valence-electron chi connectivity index (χ2n) is 7.46. The fourth-order valence-electron chi connectivity index (χ4n) is 4.06. The third-order valence-electron chi connectivity index (χ3n) is 5.48. The van der Waals surface area contributed by atoms with Crippen LogP contribution in [0, 0.1) is 0 Å². The molecule has 0 radical (unpaired) electrons. The Balaban J connectivity index is 1.37.